The second-order valence-corrected chi connectivity index (χ2v) is 6.44. The standard InChI is InChI=1S/C17H16BrFN2O2/c1-17(2,15(22)20-12-9-7-11(18)8-10-12)16(23)21-14-6-4-3-5-13(14)19/h3-10H,1-2H3,(H,20,22)(H,21,23). The molecule has 0 aliphatic carbocycles. The van der Waals surface area contributed by atoms with Crippen molar-refractivity contribution in [2.24, 2.45) is 5.41 Å². The summed E-state index contributed by atoms with van der Waals surface area (Å²) in [6, 6.07) is 12.8. The zero-order valence-corrected chi connectivity index (χ0v) is 14.3. The van der Waals surface area contributed by atoms with Crippen molar-refractivity contribution >= 4 is 39.1 Å². The van der Waals surface area contributed by atoms with Crippen LogP contribution in [0.25, 0.3) is 0 Å². The molecule has 0 heterocycles. The molecule has 0 fully saturated rings. The quantitative estimate of drug-likeness (QED) is 0.783. The van der Waals surface area contributed by atoms with Gasteiger partial charge >= 0.3 is 0 Å². The van der Waals surface area contributed by atoms with Crippen molar-refractivity contribution in [3.8, 4) is 0 Å². The minimum atomic E-state index is -1.37. The van der Waals surface area contributed by atoms with E-state index in [9.17, 15) is 14.0 Å². The zero-order chi connectivity index (χ0) is 17.0. The maximum Gasteiger partial charge on any atom is 0.239 e. The predicted octanol–water partition coefficient (Wildman–Crippen LogP) is 4.19. The van der Waals surface area contributed by atoms with Crippen LogP contribution in [0, 0.1) is 11.2 Å². The van der Waals surface area contributed by atoms with E-state index in [1.807, 2.05) is 0 Å². The van der Waals surface area contributed by atoms with Crippen LogP contribution < -0.4 is 10.6 Å². The number of anilines is 2. The van der Waals surface area contributed by atoms with Gasteiger partial charge in [-0.3, -0.25) is 9.59 Å². The summed E-state index contributed by atoms with van der Waals surface area (Å²) in [5.41, 5.74) is -0.748. The van der Waals surface area contributed by atoms with Crippen LogP contribution in [-0.2, 0) is 9.59 Å². The van der Waals surface area contributed by atoms with Gasteiger partial charge in [-0.1, -0.05) is 28.1 Å². The van der Waals surface area contributed by atoms with E-state index < -0.39 is 23.0 Å². The van der Waals surface area contributed by atoms with E-state index >= 15 is 0 Å². The zero-order valence-electron chi connectivity index (χ0n) is 12.7. The molecule has 4 nitrogen and oxygen atoms in total. The van der Waals surface area contributed by atoms with Crippen molar-refractivity contribution in [3.05, 3.63) is 58.8 Å². The molecule has 0 atom stereocenters. The molecular weight excluding hydrogens is 363 g/mol. The molecule has 0 aliphatic rings. The van der Waals surface area contributed by atoms with Gasteiger partial charge in [-0.2, -0.15) is 0 Å². The molecule has 0 aromatic heterocycles. The van der Waals surface area contributed by atoms with E-state index in [-0.39, 0.29) is 5.69 Å². The maximum absolute atomic E-state index is 13.6. The molecule has 0 unspecified atom stereocenters. The fraction of sp³-hybridized carbons (Fsp3) is 0.176. The number of hydrogen-bond acceptors (Lipinski definition) is 2. The third-order valence-electron chi connectivity index (χ3n) is 3.36. The summed E-state index contributed by atoms with van der Waals surface area (Å²) in [6.45, 7) is 2.97. The Bertz CT molecular complexity index is 730. The van der Waals surface area contributed by atoms with E-state index in [4.69, 9.17) is 0 Å². The van der Waals surface area contributed by atoms with E-state index in [0.29, 0.717) is 5.69 Å². The van der Waals surface area contributed by atoms with Crippen molar-refractivity contribution in [1.82, 2.24) is 0 Å². The van der Waals surface area contributed by atoms with Crippen LogP contribution in [-0.4, -0.2) is 11.8 Å². The van der Waals surface area contributed by atoms with Crippen LogP contribution >= 0.6 is 15.9 Å². The van der Waals surface area contributed by atoms with Crippen LogP contribution in [0.3, 0.4) is 0 Å². The average molecular weight is 379 g/mol. The Balaban J connectivity index is 2.10. The molecule has 23 heavy (non-hydrogen) atoms. The maximum atomic E-state index is 13.6. The average Bonchev–Trinajstić information content (AvgIpc) is 2.51. The van der Waals surface area contributed by atoms with Gasteiger partial charge in [-0.25, -0.2) is 4.39 Å². The van der Waals surface area contributed by atoms with Crippen LogP contribution in [0.1, 0.15) is 13.8 Å². The van der Waals surface area contributed by atoms with Gasteiger partial charge in [0.25, 0.3) is 0 Å². The fourth-order valence-electron chi connectivity index (χ4n) is 1.76. The Morgan fingerprint density at radius 2 is 1.52 bits per heavy atom. The van der Waals surface area contributed by atoms with Gasteiger partial charge in [0.2, 0.25) is 11.8 Å². The first-order valence-electron chi connectivity index (χ1n) is 6.93. The van der Waals surface area contributed by atoms with Gasteiger partial charge in [0.1, 0.15) is 11.2 Å². The SMILES string of the molecule is CC(C)(C(=O)Nc1ccc(Br)cc1)C(=O)Nc1ccccc1F. The molecule has 6 heteroatoms. The lowest BCUT2D eigenvalue weighted by Gasteiger charge is -2.23. The van der Waals surface area contributed by atoms with Crippen LogP contribution in [0.4, 0.5) is 15.8 Å². The first-order valence-corrected chi connectivity index (χ1v) is 7.73. The minimum absolute atomic E-state index is 0.0435. The Morgan fingerprint density at radius 1 is 0.957 bits per heavy atom. The molecule has 2 N–H and O–H groups in total. The highest BCUT2D eigenvalue weighted by Crippen LogP contribution is 2.23. The summed E-state index contributed by atoms with van der Waals surface area (Å²) in [7, 11) is 0. The van der Waals surface area contributed by atoms with Crippen molar-refractivity contribution < 1.29 is 14.0 Å². The summed E-state index contributed by atoms with van der Waals surface area (Å²) >= 11 is 3.31. The lowest BCUT2D eigenvalue weighted by Crippen LogP contribution is -2.41. The number of nitrogens with one attached hydrogen (secondary N) is 2. The molecule has 2 amide bonds. The van der Waals surface area contributed by atoms with E-state index in [1.165, 1.54) is 32.0 Å². The number of amides is 2. The Morgan fingerprint density at radius 3 is 2.13 bits per heavy atom. The summed E-state index contributed by atoms with van der Waals surface area (Å²) in [4.78, 5) is 24.7. The molecule has 2 aromatic carbocycles. The monoisotopic (exact) mass is 378 g/mol. The molecular formula is C17H16BrFN2O2. The number of para-hydroxylation sites is 1. The van der Waals surface area contributed by atoms with Gasteiger partial charge in [-0.05, 0) is 50.2 Å². The summed E-state index contributed by atoms with van der Waals surface area (Å²) in [5.74, 6) is -1.61. The number of carbonyl (C=O) groups excluding carboxylic acids is 2. The number of benzene rings is 2. The van der Waals surface area contributed by atoms with Gasteiger partial charge in [0.05, 0.1) is 5.69 Å². The normalized spacial score (nSPS) is 11.0. The highest BCUT2D eigenvalue weighted by molar-refractivity contribution is 9.10. The third kappa shape index (κ3) is 4.16. The second-order valence-electron chi connectivity index (χ2n) is 5.52. The fourth-order valence-corrected chi connectivity index (χ4v) is 2.03. The van der Waals surface area contributed by atoms with Gasteiger partial charge in [0.15, 0.2) is 0 Å². The van der Waals surface area contributed by atoms with E-state index in [1.54, 1.807) is 30.3 Å². The largest absolute Gasteiger partial charge is 0.325 e. The second kappa shape index (κ2) is 6.91. The molecule has 0 aliphatic heterocycles. The summed E-state index contributed by atoms with van der Waals surface area (Å²) in [6.07, 6.45) is 0. The molecule has 0 bridgehead atoms. The number of carbonyl (C=O) groups is 2. The summed E-state index contributed by atoms with van der Waals surface area (Å²) in [5, 5.41) is 5.12. The molecule has 2 aromatic rings. The van der Waals surface area contributed by atoms with Gasteiger partial charge in [0, 0.05) is 10.2 Å². The van der Waals surface area contributed by atoms with E-state index in [2.05, 4.69) is 26.6 Å². The van der Waals surface area contributed by atoms with Crippen molar-refractivity contribution in [3.63, 3.8) is 0 Å². The lowest BCUT2D eigenvalue weighted by atomic mass is 9.90. The molecule has 0 radical (unpaired) electrons. The Labute approximate surface area is 142 Å². The number of hydrogen-bond donors (Lipinski definition) is 2. The topological polar surface area (TPSA) is 58.2 Å². The Hall–Kier alpha value is -2.21. The first kappa shape index (κ1) is 17.1. The number of halogens is 2. The van der Waals surface area contributed by atoms with E-state index in [0.717, 1.165) is 4.47 Å². The molecule has 2 rings (SSSR count). The van der Waals surface area contributed by atoms with Crippen LogP contribution in [0.5, 0.6) is 0 Å². The smallest absolute Gasteiger partial charge is 0.239 e. The molecule has 0 spiro atoms. The van der Waals surface area contributed by atoms with Crippen LogP contribution in [0.15, 0.2) is 53.0 Å². The lowest BCUT2D eigenvalue weighted by molar-refractivity contribution is -0.135. The Kier molecular flexibility index (Phi) is 5.15. The number of rotatable bonds is 4. The molecule has 0 saturated heterocycles. The third-order valence-corrected chi connectivity index (χ3v) is 3.89. The summed E-state index contributed by atoms with van der Waals surface area (Å²) < 4.78 is 14.5. The molecule has 120 valence electrons. The van der Waals surface area contributed by atoms with Crippen molar-refractivity contribution in [2.75, 3.05) is 10.6 Å². The van der Waals surface area contributed by atoms with Crippen molar-refractivity contribution in [2.45, 2.75) is 13.8 Å². The van der Waals surface area contributed by atoms with Crippen LogP contribution in [0.2, 0.25) is 0 Å². The van der Waals surface area contributed by atoms with Gasteiger partial charge < -0.3 is 10.6 Å². The van der Waals surface area contributed by atoms with Crippen molar-refractivity contribution in [1.29, 1.82) is 0 Å². The first-order chi connectivity index (χ1) is 10.8. The van der Waals surface area contributed by atoms with Gasteiger partial charge in [-0.15, -0.1) is 0 Å². The molecule has 0 saturated carbocycles. The minimum Gasteiger partial charge on any atom is -0.325 e. The highest BCUT2D eigenvalue weighted by atomic mass is 79.9. The highest BCUT2D eigenvalue weighted by Gasteiger charge is 2.36. The predicted molar refractivity (Wildman–Crippen MR) is 91.6 cm³/mol.